The second-order valence-electron chi connectivity index (χ2n) is 6.52. The van der Waals surface area contributed by atoms with Gasteiger partial charge in [-0.05, 0) is 12.8 Å². The van der Waals surface area contributed by atoms with Crippen LogP contribution in [-0.2, 0) is 27.4 Å². The van der Waals surface area contributed by atoms with Gasteiger partial charge in [0.25, 0.3) is 10.0 Å². The summed E-state index contributed by atoms with van der Waals surface area (Å²) in [5.41, 5.74) is -1.000. The summed E-state index contributed by atoms with van der Waals surface area (Å²) >= 11 is 0. The molecule has 0 radical (unpaired) electrons. The van der Waals surface area contributed by atoms with E-state index in [-0.39, 0.29) is 17.5 Å². The summed E-state index contributed by atoms with van der Waals surface area (Å²) in [7, 11) is 1.30. The van der Waals surface area contributed by atoms with E-state index in [2.05, 4.69) is 9.97 Å². The molecule has 1 saturated heterocycles. The largest absolute Gasteiger partial charge is 0.347 e. The Balaban J connectivity index is 2.01. The first-order valence-electron chi connectivity index (χ1n) is 7.96. The topological polar surface area (TPSA) is 93.3 Å². The molecule has 9 nitrogen and oxygen atoms in total. The fourth-order valence-corrected chi connectivity index (χ4v) is 4.78. The molecular formula is C15H22N6O3S. The van der Waals surface area contributed by atoms with Gasteiger partial charge in [-0.2, -0.15) is 4.31 Å². The third-order valence-electron chi connectivity index (χ3n) is 4.52. The number of carbonyl (C=O) groups is 1. The summed E-state index contributed by atoms with van der Waals surface area (Å²) < 4.78 is 30.6. The van der Waals surface area contributed by atoms with Gasteiger partial charge in [0.05, 0.1) is 12.7 Å². The minimum absolute atomic E-state index is 0.00580. The van der Waals surface area contributed by atoms with Gasteiger partial charge in [0.1, 0.15) is 5.54 Å². The minimum atomic E-state index is -3.77. The Kier molecular flexibility index (Phi) is 4.41. The Labute approximate surface area is 146 Å². The molecule has 2 aromatic heterocycles. The summed E-state index contributed by atoms with van der Waals surface area (Å²) in [4.78, 5) is 22.5. The first-order chi connectivity index (χ1) is 11.8. The lowest BCUT2D eigenvalue weighted by molar-refractivity contribution is -0.140. The molecule has 2 aromatic rings. The first-order valence-corrected chi connectivity index (χ1v) is 9.40. The molecule has 0 saturated carbocycles. The van der Waals surface area contributed by atoms with Crippen molar-refractivity contribution in [2.45, 2.75) is 23.4 Å². The molecular weight excluding hydrogens is 344 g/mol. The summed E-state index contributed by atoms with van der Waals surface area (Å²) in [6, 6.07) is 0. The van der Waals surface area contributed by atoms with Crippen LogP contribution in [0, 0.1) is 0 Å². The average molecular weight is 366 g/mol. The number of rotatable bonds is 4. The Morgan fingerprint density at radius 3 is 2.64 bits per heavy atom. The van der Waals surface area contributed by atoms with E-state index in [1.807, 2.05) is 0 Å². The van der Waals surface area contributed by atoms with Crippen LogP contribution < -0.4 is 0 Å². The molecule has 1 amide bonds. The molecule has 0 bridgehead atoms. The van der Waals surface area contributed by atoms with E-state index < -0.39 is 15.6 Å². The van der Waals surface area contributed by atoms with Gasteiger partial charge in [-0.1, -0.05) is 0 Å². The number of carbonyl (C=O) groups excluding carboxylic acids is 1. The maximum absolute atomic E-state index is 13.0. The van der Waals surface area contributed by atoms with Crippen molar-refractivity contribution in [1.29, 1.82) is 0 Å². The zero-order valence-electron chi connectivity index (χ0n) is 14.5. The Bertz CT molecular complexity index is 858. The van der Waals surface area contributed by atoms with Crippen molar-refractivity contribution >= 4 is 15.9 Å². The van der Waals surface area contributed by atoms with Crippen LogP contribution >= 0.6 is 0 Å². The van der Waals surface area contributed by atoms with E-state index in [4.69, 9.17) is 0 Å². The lowest BCUT2D eigenvalue weighted by Gasteiger charge is -2.42. The summed E-state index contributed by atoms with van der Waals surface area (Å²) in [5, 5.41) is -0.00580. The molecule has 1 aliphatic heterocycles. The van der Waals surface area contributed by atoms with Crippen LogP contribution in [0.5, 0.6) is 0 Å². The molecule has 25 heavy (non-hydrogen) atoms. The zero-order valence-corrected chi connectivity index (χ0v) is 15.3. The lowest BCUT2D eigenvalue weighted by Crippen LogP contribution is -2.58. The van der Waals surface area contributed by atoms with Gasteiger partial charge in [0.15, 0.2) is 5.03 Å². The number of piperidine rings is 1. The number of aryl methyl sites for hydroxylation is 1. The normalized spacial score (nSPS) is 22.0. The third-order valence-corrected chi connectivity index (χ3v) is 6.26. The molecule has 10 heteroatoms. The molecule has 136 valence electrons. The number of amides is 1. The maximum atomic E-state index is 13.0. The van der Waals surface area contributed by atoms with E-state index in [9.17, 15) is 13.2 Å². The molecule has 0 aliphatic carbocycles. The van der Waals surface area contributed by atoms with Crippen LogP contribution in [0.25, 0.3) is 0 Å². The quantitative estimate of drug-likeness (QED) is 0.752. The fraction of sp³-hybridized carbons (Fsp3) is 0.533. The number of hydrogen-bond donors (Lipinski definition) is 0. The highest BCUT2D eigenvalue weighted by Gasteiger charge is 2.47. The lowest BCUT2D eigenvalue weighted by atomic mass is 9.88. The molecule has 1 atom stereocenters. The highest BCUT2D eigenvalue weighted by atomic mass is 32.2. The molecule has 3 heterocycles. The van der Waals surface area contributed by atoms with E-state index in [0.717, 1.165) is 0 Å². The molecule has 1 unspecified atom stereocenters. The SMILES string of the molecule is CN(C)C(=O)C1(n2ccnc2)CCCN(S(=O)(=O)c2cn(C)cn2)C1. The van der Waals surface area contributed by atoms with Crippen molar-refractivity contribution < 1.29 is 13.2 Å². The van der Waals surface area contributed by atoms with Crippen LogP contribution in [-0.4, -0.2) is 69.8 Å². The highest BCUT2D eigenvalue weighted by molar-refractivity contribution is 7.89. The van der Waals surface area contributed by atoms with E-state index in [0.29, 0.717) is 19.4 Å². The third kappa shape index (κ3) is 2.95. The van der Waals surface area contributed by atoms with Gasteiger partial charge in [-0.3, -0.25) is 4.79 Å². The number of sulfonamides is 1. The number of hydrogen-bond acceptors (Lipinski definition) is 5. The molecule has 0 N–H and O–H groups in total. The average Bonchev–Trinajstić information content (AvgIpc) is 3.26. The van der Waals surface area contributed by atoms with Crippen LogP contribution in [0.2, 0.25) is 0 Å². The Morgan fingerprint density at radius 2 is 2.08 bits per heavy atom. The monoisotopic (exact) mass is 366 g/mol. The van der Waals surface area contributed by atoms with Gasteiger partial charge in [-0.15, -0.1) is 0 Å². The standard InChI is InChI=1S/C15H22N6O3S/c1-18(2)14(22)15(20-8-6-16-11-20)5-4-7-21(10-15)25(23,24)13-9-19(3)12-17-13/h6,8-9,11-12H,4-5,7,10H2,1-3H3. The molecule has 1 fully saturated rings. The Hall–Kier alpha value is -2.20. The highest BCUT2D eigenvalue weighted by Crippen LogP contribution is 2.33. The maximum Gasteiger partial charge on any atom is 0.262 e. The van der Waals surface area contributed by atoms with Crippen molar-refractivity contribution in [2.24, 2.45) is 7.05 Å². The first kappa shape index (κ1) is 17.6. The zero-order chi connectivity index (χ0) is 18.2. The second kappa shape index (κ2) is 6.26. The molecule has 3 rings (SSSR count). The minimum Gasteiger partial charge on any atom is -0.347 e. The predicted molar refractivity (Wildman–Crippen MR) is 90.1 cm³/mol. The van der Waals surface area contributed by atoms with E-state index in [1.165, 1.54) is 21.7 Å². The predicted octanol–water partition coefficient (Wildman–Crippen LogP) is -0.115. The summed E-state index contributed by atoms with van der Waals surface area (Å²) in [5.74, 6) is -0.147. The van der Waals surface area contributed by atoms with Gasteiger partial charge < -0.3 is 14.0 Å². The van der Waals surface area contributed by atoms with Crippen molar-refractivity contribution in [3.63, 3.8) is 0 Å². The molecule has 0 aromatic carbocycles. The van der Waals surface area contributed by atoms with Crippen LogP contribution in [0.15, 0.2) is 36.3 Å². The van der Waals surface area contributed by atoms with Gasteiger partial charge in [-0.25, -0.2) is 18.4 Å². The van der Waals surface area contributed by atoms with Crippen molar-refractivity contribution in [1.82, 2.24) is 28.3 Å². The van der Waals surface area contributed by atoms with Crippen molar-refractivity contribution in [2.75, 3.05) is 27.2 Å². The fourth-order valence-electron chi connectivity index (χ4n) is 3.28. The van der Waals surface area contributed by atoms with Gasteiger partial charge >= 0.3 is 0 Å². The summed E-state index contributed by atoms with van der Waals surface area (Å²) in [6.45, 7) is 0.412. The van der Waals surface area contributed by atoms with Crippen LogP contribution in [0.4, 0.5) is 0 Å². The van der Waals surface area contributed by atoms with Gasteiger partial charge in [0, 0.05) is 52.8 Å². The number of nitrogens with zero attached hydrogens (tertiary/aromatic N) is 6. The van der Waals surface area contributed by atoms with E-state index in [1.54, 1.807) is 49.0 Å². The molecule has 1 aliphatic rings. The van der Waals surface area contributed by atoms with Crippen LogP contribution in [0.3, 0.4) is 0 Å². The van der Waals surface area contributed by atoms with Gasteiger partial charge in [0.2, 0.25) is 5.91 Å². The smallest absolute Gasteiger partial charge is 0.262 e. The van der Waals surface area contributed by atoms with Crippen molar-refractivity contribution in [3.8, 4) is 0 Å². The van der Waals surface area contributed by atoms with Crippen molar-refractivity contribution in [3.05, 3.63) is 31.2 Å². The molecule has 0 spiro atoms. The van der Waals surface area contributed by atoms with Crippen LogP contribution in [0.1, 0.15) is 12.8 Å². The Morgan fingerprint density at radius 1 is 1.32 bits per heavy atom. The number of likely N-dealkylation sites (N-methyl/N-ethyl adjacent to an activating group) is 1. The second-order valence-corrected chi connectivity index (χ2v) is 8.41. The number of aromatic nitrogens is 4. The summed E-state index contributed by atoms with van der Waals surface area (Å²) in [6.07, 6.45) is 8.91. The van der Waals surface area contributed by atoms with E-state index >= 15 is 0 Å². The number of imidazole rings is 2.